The molecular weight excluding hydrogens is 138 g/mol. The molecule has 0 aromatic heterocycles. The molecule has 11 heavy (non-hydrogen) atoms. The molecule has 1 heterocycles. The Morgan fingerprint density at radius 2 is 1.91 bits per heavy atom. The summed E-state index contributed by atoms with van der Waals surface area (Å²) in [6.45, 7) is 1.65. The van der Waals surface area contributed by atoms with Crippen molar-refractivity contribution in [3.8, 4) is 6.07 Å². The molecule has 0 bridgehead atoms. The van der Waals surface area contributed by atoms with E-state index in [9.17, 15) is 0 Å². The zero-order chi connectivity index (χ0) is 7.73. The molecule has 0 radical (unpaired) electrons. The first-order valence-corrected chi connectivity index (χ1v) is 4.36. The van der Waals surface area contributed by atoms with E-state index in [1.807, 2.05) is 0 Å². The summed E-state index contributed by atoms with van der Waals surface area (Å²) in [4.78, 5) is 0. The fourth-order valence-corrected chi connectivity index (χ4v) is 2.17. The number of nitrogens with zero attached hydrogens (tertiary/aromatic N) is 1. The number of rotatable bonds is 1. The van der Waals surface area contributed by atoms with Gasteiger partial charge < -0.3 is 4.74 Å². The Morgan fingerprint density at radius 3 is 2.27 bits per heavy atom. The molecule has 0 unspecified atom stereocenters. The van der Waals surface area contributed by atoms with Gasteiger partial charge >= 0.3 is 0 Å². The van der Waals surface area contributed by atoms with Crippen LogP contribution in [-0.2, 0) is 4.74 Å². The van der Waals surface area contributed by atoms with Crippen molar-refractivity contribution >= 4 is 0 Å². The van der Waals surface area contributed by atoms with Crippen LogP contribution in [0.25, 0.3) is 0 Å². The van der Waals surface area contributed by atoms with E-state index in [0.717, 1.165) is 26.1 Å². The maximum atomic E-state index is 9.05. The zero-order valence-electron chi connectivity index (χ0n) is 6.68. The average molecular weight is 151 g/mol. The molecule has 2 fully saturated rings. The lowest BCUT2D eigenvalue weighted by molar-refractivity contribution is -0.0794. The predicted molar refractivity (Wildman–Crippen MR) is 40.8 cm³/mol. The first-order valence-electron chi connectivity index (χ1n) is 4.36. The van der Waals surface area contributed by atoms with Gasteiger partial charge in [-0.25, -0.2) is 0 Å². The van der Waals surface area contributed by atoms with Gasteiger partial charge in [-0.1, -0.05) is 12.8 Å². The minimum atomic E-state index is 0.0122. The van der Waals surface area contributed by atoms with E-state index in [1.165, 1.54) is 12.8 Å². The molecule has 2 heteroatoms. The van der Waals surface area contributed by atoms with Crippen LogP contribution in [0.5, 0.6) is 0 Å². The minimum absolute atomic E-state index is 0.0122. The first-order chi connectivity index (χ1) is 5.37. The van der Waals surface area contributed by atoms with Crippen LogP contribution in [0, 0.1) is 22.7 Å². The Hall–Kier alpha value is -0.550. The second kappa shape index (κ2) is 2.49. The van der Waals surface area contributed by atoms with Gasteiger partial charge in [-0.15, -0.1) is 0 Å². The highest BCUT2D eigenvalue weighted by Gasteiger charge is 2.44. The third-order valence-corrected chi connectivity index (χ3v) is 3.14. The van der Waals surface area contributed by atoms with E-state index < -0.39 is 0 Å². The van der Waals surface area contributed by atoms with Gasteiger partial charge in [0.15, 0.2) is 0 Å². The van der Waals surface area contributed by atoms with Gasteiger partial charge in [0.2, 0.25) is 0 Å². The quantitative estimate of drug-likeness (QED) is 0.571. The van der Waals surface area contributed by atoms with Crippen LogP contribution < -0.4 is 0 Å². The largest absolute Gasteiger partial charge is 0.381 e. The predicted octanol–water partition coefficient (Wildman–Crippen LogP) is 1.72. The molecule has 2 aliphatic rings. The highest BCUT2D eigenvalue weighted by Crippen LogP contribution is 2.46. The van der Waals surface area contributed by atoms with Gasteiger partial charge in [0.1, 0.15) is 0 Å². The second-order valence-corrected chi connectivity index (χ2v) is 3.71. The second-order valence-electron chi connectivity index (χ2n) is 3.71. The highest BCUT2D eigenvalue weighted by molar-refractivity contribution is 5.07. The maximum absolute atomic E-state index is 9.05. The van der Waals surface area contributed by atoms with Crippen LogP contribution >= 0.6 is 0 Å². The van der Waals surface area contributed by atoms with Crippen molar-refractivity contribution in [1.29, 1.82) is 5.26 Å². The van der Waals surface area contributed by atoms with E-state index in [0.29, 0.717) is 5.92 Å². The Labute approximate surface area is 67.2 Å². The average Bonchev–Trinajstić information content (AvgIpc) is 2.34. The molecule has 60 valence electrons. The monoisotopic (exact) mass is 151 g/mol. The molecule has 1 saturated heterocycles. The van der Waals surface area contributed by atoms with Crippen LogP contribution in [0.3, 0.4) is 0 Å². The van der Waals surface area contributed by atoms with Gasteiger partial charge in [-0.05, 0) is 12.8 Å². The van der Waals surface area contributed by atoms with Gasteiger partial charge in [0, 0.05) is 5.92 Å². The fourth-order valence-electron chi connectivity index (χ4n) is 2.17. The summed E-state index contributed by atoms with van der Waals surface area (Å²) < 4.78 is 5.12. The molecule has 1 aliphatic carbocycles. The van der Waals surface area contributed by atoms with E-state index in [2.05, 4.69) is 6.07 Å². The molecule has 0 aromatic carbocycles. The van der Waals surface area contributed by atoms with E-state index >= 15 is 0 Å². The van der Waals surface area contributed by atoms with Crippen LogP contribution in [-0.4, -0.2) is 13.2 Å². The molecule has 2 nitrogen and oxygen atoms in total. The Morgan fingerprint density at radius 1 is 1.27 bits per heavy atom. The lowest BCUT2D eigenvalue weighted by atomic mass is 9.74. The molecule has 2 rings (SSSR count). The lowest BCUT2D eigenvalue weighted by Crippen LogP contribution is -2.41. The molecule has 1 aliphatic heterocycles. The van der Waals surface area contributed by atoms with E-state index in [1.54, 1.807) is 0 Å². The lowest BCUT2D eigenvalue weighted by Gasteiger charge is -2.37. The molecular formula is C9H13NO. The van der Waals surface area contributed by atoms with Crippen LogP contribution in [0.1, 0.15) is 25.7 Å². The summed E-state index contributed by atoms with van der Waals surface area (Å²) in [6, 6.07) is 2.50. The van der Waals surface area contributed by atoms with Crippen molar-refractivity contribution < 1.29 is 4.74 Å². The van der Waals surface area contributed by atoms with Crippen molar-refractivity contribution in [3.63, 3.8) is 0 Å². The number of ether oxygens (including phenoxy) is 1. The van der Waals surface area contributed by atoms with Crippen LogP contribution in [0.2, 0.25) is 0 Å². The molecule has 0 spiro atoms. The van der Waals surface area contributed by atoms with Gasteiger partial charge in [-0.2, -0.15) is 5.26 Å². The molecule has 0 amide bonds. The standard InChI is InChI=1S/C9H13NO/c10-7-9(3-1-2-4-9)8-5-11-6-8/h8H,1-6H2. The van der Waals surface area contributed by atoms with E-state index in [-0.39, 0.29) is 5.41 Å². The third kappa shape index (κ3) is 0.954. The maximum Gasteiger partial charge on any atom is 0.0694 e. The smallest absolute Gasteiger partial charge is 0.0694 e. The van der Waals surface area contributed by atoms with Crippen LogP contribution in [0.4, 0.5) is 0 Å². The summed E-state index contributed by atoms with van der Waals surface area (Å²) in [5.41, 5.74) is 0.0122. The number of hydrogen-bond acceptors (Lipinski definition) is 2. The van der Waals surface area contributed by atoms with Crippen molar-refractivity contribution in [2.24, 2.45) is 11.3 Å². The number of hydrogen-bond donors (Lipinski definition) is 0. The topological polar surface area (TPSA) is 33.0 Å². The summed E-state index contributed by atoms with van der Waals surface area (Å²) >= 11 is 0. The van der Waals surface area contributed by atoms with Crippen LogP contribution in [0.15, 0.2) is 0 Å². The summed E-state index contributed by atoms with van der Waals surface area (Å²) in [6.07, 6.45) is 4.70. The van der Waals surface area contributed by atoms with E-state index in [4.69, 9.17) is 10.00 Å². The SMILES string of the molecule is N#CC1(C2COC2)CCCC1. The van der Waals surface area contributed by atoms with Gasteiger partial charge in [0.25, 0.3) is 0 Å². The fraction of sp³-hybridized carbons (Fsp3) is 0.889. The van der Waals surface area contributed by atoms with Crippen molar-refractivity contribution in [2.75, 3.05) is 13.2 Å². The molecule has 0 aromatic rings. The first kappa shape index (κ1) is 7.12. The third-order valence-electron chi connectivity index (χ3n) is 3.14. The van der Waals surface area contributed by atoms with Crippen molar-refractivity contribution in [1.82, 2.24) is 0 Å². The zero-order valence-corrected chi connectivity index (χ0v) is 6.68. The summed E-state index contributed by atoms with van der Waals surface area (Å²) in [5, 5.41) is 9.05. The Kier molecular flexibility index (Phi) is 1.61. The summed E-state index contributed by atoms with van der Waals surface area (Å²) in [7, 11) is 0. The Balaban J connectivity index is 2.09. The van der Waals surface area contributed by atoms with Gasteiger partial charge in [0.05, 0.1) is 24.7 Å². The van der Waals surface area contributed by atoms with Gasteiger partial charge in [-0.3, -0.25) is 0 Å². The highest BCUT2D eigenvalue weighted by atomic mass is 16.5. The van der Waals surface area contributed by atoms with Crippen molar-refractivity contribution in [3.05, 3.63) is 0 Å². The summed E-state index contributed by atoms with van der Waals surface area (Å²) in [5.74, 6) is 0.551. The molecule has 1 saturated carbocycles. The molecule has 0 atom stereocenters. The number of nitriles is 1. The minimum Gasteiger partial charge on any atom is -0.381 e. The Bertz CT molecular complexity index is 184. The normalized spacial score (nSPS) is 29.4. The van der Waals surface area contributed by atoms with Crippen molar-refractivity contribution in [2.45, 2.75) is 25.7 Å². The molecule has 0 N–H and O–H groups in total.